The number of benzene rings is 1. The highest BCUT2D eigenvalue weighted by atomic mass is 32.1. The van der Waals surface area contributed by atoms with Gasteiger partial charge in [-0.15, -0.1) is 11.3 Å². The highest BCUT2D eigenvalue weighted by Crippen LogP contribution is 2.40. The molecule has 2 aliphatic rings. The average Bonchev–Trinajstić information content (AvgIpc) is 3.06. The van der Waals surface area contributed by atoms with Crippen LogP contribution >= 0.6 is 11.3 Å². The van der Waals surface area contributed by atoms with E-state index >= 15 is 0 Å². The molecule has 0 spiro atoms. The zero-order chi connectivity index (χ0) is 14.9. The first-order chi connectivity index (χ1) is 10.8. The van der Waals surface area contributed by atoms with E-state index in [1.54, 1.807) is 0 Å². The summed E-state index contributed by atoms with van der Waals surface area (Å²) in [6, 6.07) is 7.85. The maximum atomic E-state index is 12.4. The van der Waals surface area contributed by atoms with Crippen LogP contribution in [0, 0.1) is 0 Å². The fourth-order valence-electron chi connectivity index (χ4n) is 2.81. The van der Waals surface area contributed by atoms with Crippen molar-refractivity contribution in [2.45, 2.75) is 31.1 Å². The lowest BCUT2D eigenvalue weighted by Gasteiger charge is -2.09. The Balaban J connectivity index is 1.47. The van der Waals surface area contributed by atoms with Gasteiger partial charge in [0.05, 0.1) is 12.3 Å². The molecule has 0 bridgehead atoms. The van der Waals surface area contributed by atoms with Gasteiger partial charge in [-0.25, -0.2) is 4.98 Å². The summed E-state index contributed by atoms with van der Waals surface area (Å²) >= 11 is 1.51. The lowest BCUT2D eigenvalue weighted by atomic mass is 9.96. The second-order valence-corrected chi connectivity index (χ2v) is 6.85. The van der Waals surface area contributed by atoms with E-state index < -0.39 is 0 Å². The molecule has 1 aliphatic heterocycles. The maximum absolute atomic E-state index is 12.4. The minimum atomic E-state index is -0.0857. The predicted molar refractivity (Wildman–Crippen MR) is 86.7 cm³/mol. The maximum Gasteiger partial charge on any atom is 0.257 e. The third kappa shape index (κ3) is 2.91. The van der Waals surface area contributed by atoms with Crippen LogP contribution in [0.1, 0.15) is 52.7 Å². The molecule has 2 fully saturated rings. The molecule has 114 valence electrons. The van der Waals surface area contributed by atoms with Crippen molar-refractivity contribution >= 4 is 22.4 Å². The lowest BCUT2D eigenvalue weighted by Crippen LogP contribution is -2.12. The van der Waals surface area contributed by atoms with E-state index in [9.17, 15) is 4.79 Å². The quantitative estimate of drug-likeness (QED) is 0.934. The molecule has 1 amide bonds. The Morgan fingerprint density at radius 3 is 2.95 bits per heavy atom. The minimum Gasteiger partial charge on any atom is -0.381 e. The molecule has 0 unspecified atom stereocenters. The molecular weight excluding hydrogens is 296 g/mol. The summed E-state index contributed by atoms with van der Waals surface area (Å²) in [6.07, 6.45) is 3.48. The number of thiazole rings is 1. The van der Waals surface area contributed by atoms with E-state index in [0.717, 1.165) is 25.3 Å². The number of carbonyl (C=O) groups is 1. The fraction of sp³-hybridized carbons (Fsp3) is 0.412. The van der Waals surface area contributed by atoms with Crippen molar-refractivity contribution in [1.29, 1.82) is 0 Å². The molecule has 2 heterocycles. The van der Waals surface area contributed by atoms with E-state index in [4.69, 9.17) is 4.74 Å². The first-order valence-corrected chi connectivity index (χ1v) is 8.62. The third-order valence-corrected chi connectivity index (χ3v) is 5.06. The van der Waals surface area contributed by atoms with Gasteiger partial charge in [-0.3, -0.25) is 10.1 Å². The highest BCUT2D eigenvalue weighted by molar-refractivity contribution is 7.14. The van der Waals surface area contributed by atoms with Crippen molar-refractivity contribution in [2.75, 3.05) is 18.5 Å². The van der Waals surface area contributed by atoms with E-state index in [-0.39, 0.29) is 5.91 Å². The van der Waals surface area contributed by atoms with Crippen molar-refractivity contribution in [2.24, 2.45) is 0 Å². The van der Waals surface area contributed by atoms with Crippen LogP contribution in [0.5, 0.6) is 0 Å². The highest BCUT2D eigenvalue weighted by Gasteiger charge is 2.26. The molecule has 1 aromatic heterocycles. The summed E-state index contributed by atoms with van der Waals surface area (Å²) in [5.41, 5.74) is 2.99. The van der Waals surface area contributed by atoms with Crippen molar-refractivity contribution in [3.8, 4) is 0 Å². The minimum absolute atomic E-state index is 0.0857. The topological polar surface area (TPSA) is 51.2 Å². The van der Waals surface area contributed by atoms with Gasteiger partial charge in [0.25, 0.3) is 5.91 Å². The Hall–Kier alpha value is -1.72. The van der Waals surface area contributed by atoms with Gasteiger partial charge >= 0.3 is 0 Å². The lowest BCUT2D eigenvalue weighted by molar-refractivity contribution is 0.102. The number of anilines is 1. The van der Waals surface area contributed by atoms with Crippen LogP contribution in [0.2, 0.25) is 0 Å². The summed E-state index contributed by atoms with van der Waals surface area (Å²) in [5.74, 6) is 0.944. The van der Waals surface area contributed by atoms with E-state index in [1.807, 2.05) is 18.2 Å². The number of aromatic nitrogens is 1. The molecule has 1 atom stereocenters. The first kappa shape index (κ1) is 13.9. The molecule has 1 aromatic carbocycles. The Morgan fingerprint density at radius 1 is 1.27 bits per heavy atom. The van der Waals surface area contributed by atoms with Gasteiger partial charge in [0.1, 0.15) is 0 Å². The van der Waals surface area contributed by atoms with Crippen molar-refractivity contribution < 1.29 is 9.53 Å². The van der Waals surface area contributed by atoms with E-state index in [0.29, 0.717) is 22.5 Å². The molecule has 1 N–H and O–H groups in total. The Morgan fingerprint density at radius 2 is 2.18 bits per heavy atom. The van der Waals surface area contributed by atoms with Crippen LogP contribution < -0.4 is 5.32 Å². The van der Waals surface area contributed by atoms with Gasteiger partial charge in [-0.05, 0) is 37.0 Å². The standard InChI is InChI=1S/C17H18N2O2S/c20-16(19-17-18-15(10-22-17)11-4-5-11)13-3-1-2-12(8-13)14-6-7-21-9-14/h1-3,8,10-11,14H,4-7,9H2,(H,18,19,20)/t14-/m1/s1. The van der Waals surface area contributed by atoms with Crippen LogP contribution in [-0.4, -0.2) is 24.1 Å². The molecule has 0 radical (unpaired) electrons. The van der Waals surface area contributed by atoms with Crippen LogP contribution in [0.4, 0.5) is 5.13 Å². The van der Waals surface area contributed by atoms with Gasteiger partial charge in [-0.2, -0.15) is 0 Å². The summed E-state index contributed by atoms with van der Waals surface area (Å²) in [7, 11) is 0. The second kappa shape index (κ2) is 5.82. The monoisotopic (exact) mass is 314 g/mol. The van der Waals surface area contributed by atoms with Crippen LogP contribution in [0.25, 0.3) is 0 Å². The molecule has 5 heteroatoms. The van der Waals surface area contributed by atoms with Crippen LogP contribution in [0.15, 0.2) is 29.6 Å². The number of hydrogen-bond donors (Lipinski definition) is 1. The van der Waals surface area contributed by atoms with E-state index in [2.05, 4.69) is 21.7 Å². The SMILES string of the molecule is O=C(Nc1nc(C2CC2)cs1)c1cccc([C@@H]2CCOC2)c1. The Bertz CT molecular complexity index is 687. The number of rotatable bonds is 4. The zero-order valence-electron chi connectivity index (χ0n) is 12.2. The first-order valence-electron chi connectivity index (χ1n) is 7.74. The Labute approximate surface area is 133 Å². The molecule has 2 aromatic rings. The summed E-state index contributed by atoms with van der Waals surface area (Å²) < 4.78 is 5.43. The summed E-state index contributed by atoms with van der Waals surface area (Å²) in [6.45, 7) is 1.56. The number of ether oxygens (including phenoxy) is 1. The van der Waals surface area contributed by atoms with Crippen molar-refractivity contribution in [1.82, 2.24) is 4.98 Å². The molecule has 1 saturated heterocycles. The van der Waals surface area contributed by atoms with Gasteiger partial charge in [-0.1, -0.05) is 12.1 Å². The molecule has 1 aliphatic carbocycles. The van der Waals surface area contributed by atoms with Crippen molar-refractivity contribution in [3.05, 3.63) is 46.5 Å². The van der Waals surface area contributed by atoms with Gasteiger partial charge in [0.15, 0.2) is 5.13 Å². The molecule has 4 rings (SSSR count). The number of amides is 1. The fourth-order valence-corrected chi connectivity index (χ4v) is 3.60. The predicted octanol–water partition coefficient (Wildman–Crippen LogP) is 3.78. The summed E-state index contributed by atoms with van der Waals surface area (Å²) in [4.78, 5) is 16.9. The Kier molecular flexibility index (Phi) is 3.68. The van der Waals surface area contributed by atoms with Crippen LogP contribution in [-0.2, 0) is 4.74 Å². The summed E-state index contributed by atoms with van der Waals surface area (Å²) in [5, 5.41) is 5.67. The van der Waals surface area contributed by atoms with Gasteiger partial charge in [0, 0.05) is 29.4 Å². The average molecular weight is 314 g/mol. The zero-order valence-corrected chi connectivity index (χ0v) is 13.1. The third-order valence-electron chi connectivity index (χ3n) is 4.29. The van der Waals surface area contributed by atoms with Crippen LogP contribution in [0.3, 0.4) is 0 Å². The van der Waals surface area contributed by atoms with Crippen molar-refractivity contribution in [3.63, 3.8) is 0 Å². The van der Waals surface area contributed by atoms with Gasteiger partial charge in [0.2, 0.25) is 0 Å². The van der Waals surface area contributed by atoms with Gasteiger partial charge < -0.3 is 4.74 Å². The second-order valence-electron chi connectivity index (χ2n) is 5.99. The molecule has 22 heavy (non-hydrogen) atoms. The smallest absolute Gasteiger partial charge is 0.257 e. The number of hydrogen-bond acceptors (Lipinski definition) is 4. The number of carbonyl (C=O) groups excluding carboxylic acids is 1. The molecular formula is C17H18N2O2S. The number of nitrogens with one attached hydrogen (secondary N) is 1. The number of nitrogens with zero attached hydrogens (tertiary/aromatic N) is 1. The van der Waals surface area contributed by atoms with E-state index in [1.165, 1.54) is 29.7 Å². The normalized spacial score (nSPS) is 21.0. The molecule has 4 nitrogen and oxygen atoms in total. The molecule has 1 saturated carbocycles. The largest absolute Gasteiger partial charge is 0.381 e.